The maximum absolute atomic E-state index is 13.3. The number of carbonyl (C=O) groups is 1. The molecule has 0 aliphatic carbocycles. The van der Waals surface area contributed by atoms with E-state index in [1.165, 1.54) is 0 Å². The zero-order chi connectivity index (χ0) is 19.6. The molecule has 2 aliphatic rings. The number of fused-ring (bicyclic) bond motifs is 5. The third kappa shape index (κ3) is 2.08. The smallest absolute Gasteiger partial charge is 0.319 e. The van der Waals surface area contributed by atoms with E-state index in [2.05, 4.69) is 16.3 Å². The van der Waals surface area contributed by atoms with Crippen LogP contribution >= 0.6 is 0 Å². The van der Waals surface area contributed by atoms with Crippen molar-refractivity contribution in [1.82, 2.24) is 9.55 Å². The first-order valence-corrected chi connectivity index (χ1v) is 9.78. The Morgan fingerprint density at radius 1 is 1.32 bits per heavy atom. The summed E-state index contributed by atoms with van der Waals surface area (Å²) >= 11 is 0. The fourth-order valence-electron chi connectivity index (χ4n) is 4.32. The second kappa shape index (κ2) is 5.86. The maximum Gasteiger partial charge on any atom is 0.319 e. The van der Waals surface area contributed by atoms with Crippen LogP contribution in [0.2, 0.25) is 0 Å². The molecule has 2 aliphatic heterocycles. The number of cyclic esters (lactones) is 1. The lowest BCUT2D eigenvalue weighted by Crippen LogP contribution is -2.48. The number of aliphatic hydroxyl groups is 1. The second-order valence-electron chi connectivity index (χ2n) is 7.32. The third-order valence-electron chi connectivity index (χ3n) is 5.98. The summed E-state index contributed by atoms with van der Waals surface area (Å²) in [6, 6.07) is 11.7. The summed E-state index contributed by atoms with van der Waals surface area (Å²) in [7, 11) is 3.37. The number of hydrogen-bond acceptors (Lipinski definition) is 5. The first-order chi connectivity index (χ1) is 13.5. The minimum absolute atomic E-state index is 0.228. The number of rotatable bonds is 2. The third-order valence-corrected chi connectivity index (χ3v) is 6.38. The van der Waals surface area contributed by atoms with Crippen LogP contribution in [0.4, 0.5) is 0 Å². The molecule has 0 saturated carbocycles. The van der Waals surface area contributed by atoms with Crippen LogP contribution in [0.15, 0.2) is 41.2 Å². The number of ether oxygens (including phenoxy) is 1. The summed E-state index contributed by atoms with van der Waals surface area (Å²) in [5.41, 5.74) is 1.80. The van der Waals surface area contributed by atoms with Gasteiger partial charge in [0.15, 0.2) is 0 Å². The molecule has 5 rings (SSSR count). The number of benzene rings is 1. The monoisotopic (exact) mass is 389 g/mol. The van der Waals surface area contributed by atoms with Gasteiger partial charge >= 0.3 is 5.97 Å². The molecule has 4 heterocycles. The lowest BCUT2D eigenvalue weighted by Gasteiger charge is -2.37. The van der Waals surface area contributed by atoms with E-state index in [-0.39, 0.29) is 5.56 Å². The Labute approximate surface area is 164 Å². The molecule has 2 unspecified atom stereocenters. The van der Waals surface area contributed by atoms with Crippen LogP contribution in [-0.4, -0.2) is 37.5 Å². The highest BCUT2D eigenvalue weighted by molar-refractivity contribution is 6.13. The van der Waals surface area contributed by atoms with E-state index in [1.807, 2.05) is 30.3 Å². The highest BCUT2D eigenvalue weighted by Crippen LogP contribution is 2.42. The number of para-hydroxylation sites is 1. The first-order valence-electron chi connectivity index (χ1n) is 9.20. The number of carbonyl (C=O) groups excluding carboxylic acids is 1. The van der Waals surface area contributed by atoms with E-state index in [0.717, 1.165) is 22.2 Å². The lowest BCUT2D eigenvalue weighted by molar-refractivity contribution is -0.157. The second-order valence-corrected chi connectivity index (χ2v) is 7.84. The Hall–Kier alpha value is -2.77. The average molecular weight is 389 g/mol. The molecule has 0 amide bonds. The van der Waals surface area contributed by atoms with Gasteiger partial charge in [0.1, 0.15) is 11.1 Å². The van der Waals surface area contributed by atoms with Crippen molar-refractivity contribution in [3.63, 3.8) is 0 Å². The molecular weight excluding hydrogens is 372 g/mol. The van der Waals surface area contributed by atoms with Gasteiger partial charge in [-0.25, -0.2) is 4.98 Å². The van der Waals surface area contributed by atoms with Gasteiger partial charge in [-0.05, 0) is 30.2 Å². The van der Waals surface area contributed by atoms with Gasteiger partial charge in [-0.3, -0.25) is 9.59 Å². The quantitative estimate of drug-likeness (QED) is 0.418. The number of pyridine rings is 2. The summed E-state index contributed by atoms with van der Waals surface area (Å²) in [4.78, 5) is 30.8. The molecule has 1 aromatic carbocycles. The first kappa shape index (κ1) is 17.3. The molecule has 1 N–H and O–H groups in total. The van der Waals surface area contributed by atoms with Gasteiger partial charge in [0.25, 0.3) is 5.56 Å². The van der Waals surface area contributed by atoms with E-state index >= 15 is 0 Å². The van der Waals surface area contributed by atoms with E-state index in [0.29, 0.717) is 29.8 Å². The van der Waals surface area contributed by atoms with Crippen molar-refractivity contribution < 1.29 is 14.6 Å². The zero-order valence-corrected chi connectivity index (χ0v) is 16.2. The van der Waals surface area contributed by atoms with Crippen LogP contribution in [0.3, 0.4) is 0 Å². The molecule has 0 saturated heterocycles. The molecule has 2 atom stereocenters. The van der Waals surface area contributed by atoms with E-state index in [4.69, 9.17) is 9.72 Å². The van der Waals surface area contributed by atoms with Gasteiger partial charge in [-0.2, -0.15) is 0 Å². The van der Waals surface area contributed by atoms with Gasteiger partial charge in [0.05, 0.1) is 45.9 Å². The molecule has 3 aromatic rings. The summed E-state index contributed by atoms with van der Waals surface area (Å²) in [6.45, 7) is 1.80. The van der Waals surface area contributed by atoms with Gasteiger partial charge < -0.3 is 14.4 Å². The number of aromatic nitrogens is 2. The Morgan fingerprint density at radius 2 is 2.11 bits per heavy atom. The van der Waals surface area contributed by atoms with Crippen LogP contribution in [0, 0.1) is 0 Å². The zero-order valence-electron chi connectivity index (χ0n) is 15.2. The minimum Gasteiger partial charge on any atom is -0.461 e. The predicted molar refractivity (Wildman–Crippen MR) is 104 cm³/mol. The largest absolute Gasteiger partial charge is 0.461 e. The van der Waals surface area contributed by atoms with Crippen molar-refractivity contribution in [1.29, 1.82) is 0 Å². The summed E-state index contributed by atoms with van der Waals surface area (Å²) in [5.74, 6) is -0.529. The van der Waals surface area contributed by atoms with Gasteiger partial charge in [0, 0.05) is 10.9 Å². The van der Waals surface area contributed by atoms with Crippen molar-refractivity contribution >= 4 is 27.1 Å². The van der Waals surface area contributed by atoms with Crippen LogP contribution in [0.1, 0.15) is 35.8 Å². The Morgan fingerprint density at radius 3 is 2.86 bits per heavy atom. The SMILES string of the molecule is CCC1(CO)C(=O)OC([Si])c2c1cc1n(c2=O)Cc2cc3ccccc3nc2-1. The summed E-state index contributed by atoms with van der Waals surface area (Å²) in [6.07, 6.45) is 0.329. The maximum atomic E-state index is 13.3. The van der Waals surface area contributed by atoms with Crippen molar-refractivity contribution in [2.24, 2.45) is 0 Å². The fourth-order valence-corrected chi connectivity index (χ4v) is 4.71. The minimum atomic E-state index is -1.24. The molecule has 6 nitrogen and oxygen atoms in total. The normalized spacial score (nSPS) is 22.5. The molecule has 7 heteroatoms. The van der Waals surface area contributed by atoms with E-state index in [9.17, 15) is 14.7 Å². The fraction of sp³-hybridized carbons (Fsp3) is 0.286. The highest BCUT2D eigenvalue weighted by atomic mass is 28.1. The van der Waals surface area contributed by atoms with Crippen molar-refractivity contribution in [3.05, 3.63) is 63.4 Å². The standard InChI is InChI=1S/C21H17N2O4Si/c1-2-21(10-24)13-8-15-17-12(7-11-5-3-4-6-14(11)22-17)9-23(15)18(25)16(13)19(28)27-20(21)26/h3-8,19,24H,2,9-10H2,1H3. The number of hydrogen-bond donors (Lipinski definition) is 1. The van der Waals surface area contributed by atoms with Crippen LogP contribution in [0.25, 0.3) is 22.3 Å². The number of nitrogens with zero attached hydrogens (tertiary/aromatic N) is 2. The van der Waals surface area contributed by atoms with Crippen LogP contribution < -0.4 is 5.56 Å². The van der Waals surface area contributed by atoms with Gasteiger partial charge in [-0.15, -0.1) is 0 Å². The Balaban J connectivity index is 1.83. The lowest BCUT2D eigenvalue weighted by atomic mass is 9.75. The Bertz CT molecular complexity index is 1210. The van der Waals surface area contributed by atoms with Crippen molar-refractivity contribution in [2.75, 3.05) is 6.61 Å². The molecule has 0 fully saturated rings. The Kier molecular flexibility index (Phi) is 3.63. The molecule has 139 valence electrons. The average Bonchev–Trinajstić information content (AvgIpc) is 3.05. The van der Waals surface area contributed by atoms with E-state index in [1.54, 1.807) is 11.5 Å². The molecule has 3 radical (unpaired) electrons. The van der Waals surface area contributed by atoms with Crippen LogP contribution in [0.5, 0.6) is 0 Å². The molecule has 0 spiro atoms. The van der Waals surface area contributed by atoms with Gasteiger partial charge in [-0.1, -0.05) is 25.1 Å². The van der Waals surface area contributed by atoms with Crippen molar-refractivity contribution in [3.8, 4) is 11.4 Å². The van der Waals surface area contributed by atoms with Gasteiger partial charge in [0.2, 0.25) is 0 Å². The summed E-state index contributed by atoms with van der Waals surface area (Å²) < 4.78 is 7.04. The predicted octanol–water partition coefficient (Wildman–Crippen LogP) is 1.79. The molecule has 28 heavy (non-hydrogen) atoms. The van der Waals surface area contributed by atoms with E-state index < -0.39 is 23.7 Å². The summed E-state index contributed by atoms with van der Waals surface area (Å²) in [5, 5.41) is 11.1. The molecule has 0 bridgehead atoms. The van der Waals surface area contributed by atoms with Crippen LogP contribution in [-0.2, 0) is 21.5 Å². The molecular formula is C21H17N2O4Si. The highest BCUT2D eigenvalue weighted by Gasteiger charge is 2.48. The van der Waals surface area contributed by atoms with Crippen molar-refractivity contribution in [2.45, 2.75) is 31.0 Å². The number of esters is 1. The topological polar surface area (TPSA) is 81.4 Å². The number of aliphatic hydroxyl groups excluding tert-OH is 1. The molecule has 2 aromatic heterocycles.